The van der Waals surface area contributed by atoms with Gasteiger partial charge >= 0.3 is 0 Å². The van der Waals surface area contributed by atoms with Crippen LogP contribution in [0.5, 0.6) is 5.75 Å². The zero-order valence-corrected chi connectivity index (χ0v) is 18.5. The molecule has 6 rings (SSSR count). The van der Waals surface area contributed by atoms with Gasteiger partial charge in [0, 0.05) is 11.6 Å². The van der Waals surface area contributed by atoms with E-state index in [0.29, 0.717) is 19.6 Å². The molecule has 3 atom stereocenters. The number of carbonyl (C=O) groups is 2. The van der Waals surface area contributed by atoms with Gasteiger partial charge in [0.05, 0.1) is 43.9 Å². The molecular weight excluding hydrogens is 415 g/mol. The Morgan fingerprint density at radius 3 is 2.78 bits per heavy atom. The summed E-state index contributed by atoms with van der Waals surface area (Å²) in [6.45, 7) is 2.86. The maximum absolute atomic E-state index is 14.6. The lowest BCUT2D eigenvalue weighted by atomic mass is 9.82. The number of morpholine rings is 1. The number of hydrogen-bond donors (Lipinski definition) is 1. The summed E-state index contributed by atoms with van der Waals surface area (Å²) < 4.78 is 32.4. The molecule has 1 N–H and O–H groups in total. The number of carbonyl (C=O) groups excluding carboxylic acids is 2. The fourth-order valence-corrected chi connectivity index (χ4v) is 6.10. The van der Waals surface area contributed by atoms with Crippen LogP contribution < -0.4 is 10.1 Å². The molecule has 32 heavy (non-hydrogen) atoms. The van der Waals surface area contributed by atoms with Crippen LogP contribution in [0, 0.1) is 5.82 Å². The van der Waals surface area contributed by atoms with E-state index in [1.807, 2.05) is 17.9 Å². The molecule has 2 amide bonds. The summed E-state index contributed by atoms with van der Waals surface area (Å²) >= 11 is 0. The molecule has 1 aromatic carbocycles. The van der Waals surface area contributed by atoms with Crippen LogP contribution >= 0.6 is 0 Å². The Hall–Kier alpha value is -2.19. The van der Waals surface area contributed by atoms with Gasteiger partial charge < -0.3 is 24.4 Å². The summed E-state index contributed by atoms with van der Waals surface area (Å²) in [4.78, 5) is 27.3. The first-order chi connectivity index (χ1) is 15.5. The van der Waals surface area contributed by atoms with Gasteiger partial charge in [-0.05, 0) is 51.0 Å². The van der Waals surface area contributed by atoms with Gasteiger partial charge in [-0.25, -0.2) is 4.39 Å². The van der Waals surface area contributed by atoms with Gasteiger partial charge in [-0.3, -0.25) is 9.59 Å². The minimum Gasteiger partial charge on any atom is -0.490 e. The molecule has 1 aliphatic carbocycles. The quantitative estimate of drug-likeness (QED) is 0.663. The minimum absolute atomic E-state index is 0.0421. The lowest BCUT2D eigenvalue weighted by molar-refractivity contribution is -0.144. The van der Waals surface area contributed by atoms with Crippen molar-refractivity contribution in [2.45, 2.75) is 75.1 Å². The lowest BCUT2D eigenvalue weighted by Gasteiger charge is -2.42. The number of hydrogen-bond acceptors (Lipinski definition) is 5. The number of rotatable bonds is 0. The Bertz CT molecular complexity index is 887. The highest BCUT2D eigenvalue weighted by Gasteiger charge is 2.55. The van der Waals surface area contributed by atoms with E-state index in [1.165, 1.54) is 6.07 Å². The summed E-state index contributed by atoms with van der Waals surface area (Å²) in [5.74, 6) is -0.124. The molecule has 2 unspecified atom stereocenters. The molecule has 7 nitrogen and oxygen atoms in total. The van der Waals surface area contributed by atoms with Crippen LogP contribution in [-0.2, 0) is 19.1 Å². The molecule has 2 bridgehead atoms. The number of ether oxygens (including phenoxy) is 3. The highest BCUT2D eigenvalue weighted by Crippen LogP contribution is 2.41. The van der Waals surface area contributed by atoms with Crippen molar-refractivity contribution < 1.29 is 28.2 Å². The molecule has 1 spiro atoms. The van der Waals surface area contributed by atoms with E-state index in [0.717, 1.165) is 31.2 Å². The van der Waals surface area contributed by atoms with Crippen LogP contribution in [0.1, 0.15) is 56.9 Å². The lowest BCUT2D eigenvalue weighted by Crippen LogP contribution is -2.65. The number of halogens is 1. The summed E-state index contributed by atoms with van der Waals surface area (Å²) in [6.07, 6.45) is 4.37. The number of benzene rings is 1. The van der Waals surface area contributed by atoms with E-state index in [2.05, 4.69) is 5.32 Å². The first kappa shape index (κ1) is 21.6. The average Bonchev–Trinajstić information content (AvgIpc) is 3.03. The predicted molar refractivity (Wildman–Crippen MR) is 114 cm³/mol. The van der Waals surface area contributed by atoms with Crippen LogP contribution in [0.2, 0.25) is 0 Å². The van der Waals surface area contributed by atoms with Crippen molar-refractivity contribution in [1.82, 2.24) is 10.2 Å². The molecule has 4 aliphatic heterocycles. The fourth-order valence-electron chi connectivity index (χ4n) is 6.10. The first-order valence-corrected chi connectivity index (χ1v) is 11.7. The third kappa shape index (κ3) is 3.88. The van der Waals surface area contributed by atoms with Crippen LogP contribution in [-0.4, -0.2) is 66.9 Å². The van der Waals surface area contributed by atoms with Gasteiger partial charge in [-0.1, -0.05) is 12.1 Å². The van der Waals surface area contributed by atoms with Crippen LogP contribution in [0.25, 0.3) is 0 Å². The van der Waals surface area contributed by atoms with Crippen molar-refractivity contribution in [1.29, 1.82) is 0 Å². The Balaban J connectivity index is 1.44. The second kappa shape index (κ2) is 8.63. The Kier molecular flexibility index (Phi) is 5.84. The molecule has 2 saturated heterocycles. The first-order valence-electron chi connectivity index (χ1n) is 11.7. The van der Waals surface area contributed by atoms with Crippen LogP contribution in [0.3, 0.4) is 0 Å². The van der Waals surface area contributed by atoms with E-state index in [1.54, 1.807) is 6.07 Å². The normalized spacial score (nSPS) is 35.6. The number of amides is 2. The third-order valence-electron chi connectivity index (χ3n) is 7.54. The molecule has 0 aromatic heterocycles. The number of nitrogens with one attached hydrogen (secondary N) is 1. The van der Waals surface area contributed by atoms with Crippen molar-refractivity contribution in [3.05, 3.63) is 29.6 Å². The molecule has 8 heteroatoms. The monoisotopic (exact) mass is 446 g/mol. The highest BCUT2D eigenvalue weighted by atomic mass is 19.1. The molecule has 0 radical (unpaired) electrons. The van der Waals surface area contributed by atoms with E-state index in [9.17, 15) is 14.0 Å². The van der Waals surface area contributed by atoms with Gasteiger partial charge in [0.25, 0.3) is 0 Å². The summed E-state index contributed by atoms with van der Waals surface area (Å²) in [6, 6.07) is 4.69. The average molecular weight is 447 g/mol. The smallest absolute Gasteiger partial charge is 0.246 e. The molecule has 174 valence electrons. The number of fused-ring (bicyclic) bond motifs is 6. The van der Waals surface area contributed by atoms with Crippen LogP contribution in [0.15, 0.2) is 18.2 Å². The largest absolute Gasteiger partial charge is 0.490 e. The van der Waals surface area contributed by atoms with E-state index in [4.69, 9.17) is 14.2 Å². The Labute approximate surface area is 187 Å². The summed E-state index contributed by atoms with van der Waals surface area (Å²) in [5.41, 5.74) is 0.250. The SMILES string of the molecule is C[C@@H]1CC2(COCC(=O)N2)C2CO[C@H]3CC[C@H](CC3)c3cccc(F)c3OCCC(=O)N21. The van der Waals surface area contributed by atoms with E-state index >= 15 is 0 Å². The predicted octanol–water partition coefficient (Wildman–Crippen LogP) is 2.53. The van der Waals surface area contributed by atoms with Gasteiger partial charge in [-0.15, -0.1) is 0 Å². The number of para-hydroxylation sites is 1. The van der Waals surface area contributed by atoms with Crippen LogP contribution in [0.4, 0.5) is 4.39 Å². The Morgan fingerprint density at radius 1 is 1.19 bits per heavy atom. The highest BCUT2D eigenvalue weighted by molar-refractivity contribution is 5.81. The van der Waals surface area contributed by atoms with Gasteiger partial charge in [0.15, 0.2) is 11.6 Å². The van der Waals surface area contributed by atoms with Crippen molar-refractivity contribution in [3.63, 3.8) is 0 Å². The molecule has 5 aliphatic rings. The second-order valence-corrected chi connectivity index (χ2v) is 9.63. The zero-order chi connectivity index (χ0) is 22.3. The van der Waals surface area contributed by atoms with E-state index in [-0.39, 0.29) is 67.1 Å². The molecule has 1 saturated carbocycles. The minimum atomic E-state index is -0.641. The standard InChI is InChI=1S/C24H31FN2O5/c1-15-11-24(14-30-13-21(28)26-24)20-12-32-17-7-5-16(6-8-17)18-3-2-4-19(25)23(18)31-10-9-22(29)27(15)20/h2-4,15-17,20H,5-14H2,1H3,(H,26,28)/t15-,16-,17+,20?,24?/m1/s1. The zero-order valence-electron chi connectivity index (χ0n) is 18.5. The summed E-state index contributed by atoms with van der Waals surface area (Å²) in [5, 5.41) is 3.12. The number of nitrogens with zero attached hydrogens (tertiary/aromatic N) is 1. The van der Waals surface area contributed by atoms with Crippen molar-refractivity contribution >= 4 is 11.8 Å². The Morgan fingerprint density at radius 2 is 2.00 bits per heavy atom. The molecule has 4 heterocycles. The van der Waals surface area contributed by atoms with E-state index < -0.39 is 5.54 Å². The maximum atomic E-state index is 14.6. The second-order valence-electron chi connectivity index (χ2n) is 9.63. The molecule has 1 aromatic rings. The van der Waals surface area contributed by atoms with Gasteiger partial charge in [-0.2, -0.15) is 0 Å². The van der Waals surface area contributed by atoms with Crippen molar-refractivity contribution in [2.24, 2.45) is 0 Å². The summed E-state index contributed by atoms with van der Waals surface area (Å²) in [7, 11) is 0. The molecule has 3 fully saturated rings. The topological polar surface area (TPSA) is 77.1 Å². The fraction of sp³-hybridized carbons (Fsp3) is 0.667. The molecular formula is C24H31FN2O5. The third-order valence-corrected chi connectivity index (χ3v) is 7.54. The van der Waals surface area contributed by atoms with Crippen molar-refractivity contribution in [2.75, 3.05) is 26.4 Å². The van der Waals surface area contributed by atoms with Gasteiger partial charge in [0.1, 0.15) is 6.61 Å². The van der Waals surface area contributed by atoms with Gasteiger partial charge in [0.2, 0.25) is 11.8 Å². The van der Waals surface area contributed by atoms with Crippen molar-refractivity contribution in [3.8, 4) is 5.75 Å². The maximum Gasteiger partial charge on any atom is 0.246 e.